The Labute approximate surface area is 210 Å². The minimum atomic E-state index is -0.0640. The van der Waals surface area contributed by atoms with E-state index >= 15 is 0 Å². The van der Waals surface area contributed by atoms with Crippen molar-refractivity contribution in [1.29, 1.82) is 0 Å². The van der Waals surface area contributed by atoms with Gasteiger partial charge >= 0.3 is 0 Å². The van der Waals surface area contributed by atoms with Gasteiger partial charge in [0.2, 0.25) is 5.82 Å². The van der Waals surface area contributed by atoms with Crippen LogP contribution in [-0.2, 0) is 30.9 Å². The maximum absolute atomic E-state index is 13.1. The van der Waals surface area contributed by atoms with Crippen molar-refractivity contribution in [3.8, 4) is 5.75 Å². The standard InChI is InChI=1S/C27H32N6O3/c1-18-11-19(2)26-21(12-18)13-22(27(34)28-26)15-32(14-20-7-4-5-9-24(20)35-3)17-25-29-30-31-33(25)16-23-8-6-10-36-23/h4-5,7,9,11-13,23H,6,8,10,14-17H2,1-3H3,(H,28,34)/p+1/t23-/m0/s1. The summed E-state index contributed by atoms with van der Waals surface area (Å²) < 4.78 is 13.2. The van der Waals surface area contributed by atoms with Gasteiger partial charge in [-0.05, 0) is 72.3 Å². The van der Waals surface area contributed by atoms with Gasteiger partial charge in [-0.2, -0.15) is 0 Å². The summed E-state index contributed by atoms with van der Waals surface area (Å²) in [6, 6.07) is 14.2. The van der Waals surface area contributed by atoms with Crippen LogP contribution in [-0.4, -0.2) is 45.0 Å². The molecule has 0 aliphatic carbocycles. The average molecular weight is 490 g/mol. The smallest absolute Gasteiger partial charge is 0.257 e. The molecule has 36 heavy (non-hydrogen) atoms. The number of tetrazole rings is 1. The summed E-state index contributed by atoms with van der Waals surface area (Å²) in [4.78, 5) is 17.4. The fourth-order valence-corrected chi connectivity index (χ4v) is 5.14. The van der Waals surface area contributed by atoms with Crippen molar-refractivity contribution in [3.63, 3.8) is 0 Å². The quantitative estimate of drug-likeness (QED) is 0.374. The number of aromatic amines is 1. The highest BCUT2D eigenvalue weighted by Gasteiger charge is 2.23. The first-order valence-corrected chi connectivity index (χ1v) is 12.5. The number of H-pyrrole nitrogens is 1. The van der Waals surface area contributed by atoms with Crippen LogP contribution >= 0.6 is 0 Å². The fraction of sp³-hybridized carbons (Fsp3) is 0.407. The van der Waals surface area contributed by atoms with Crippen molar-refractivity contribution < 1.29 is 14.4 Å². The number of rotatable bonds is 9. The molecule has 4 aromatic rings. The molecule has 0 bridgehead atoms. The molecule has 0 spiro atoms. The third-order valence-electron chi connectivity index (χ3n) is 6.86. The van der Waals surface area contributed by atoms with Gasteiger partial charge in [0.25, 0.3) is 5.56 Å². The normalized spacial score (nSPS) is 16.5. The molecule has 5 rings (SSSR count). The van der Waals surface area contributed by atoms with E-state index in [1.54, 1.807) is 7.11 Å². The Morgan fingerprint density at radius 1 is 1.14 bits per heavy atom. The molecule has 1 saturated heterocycles. The third-order valence-corrected chi connectivity index (χ3v) is 6.86. The Morgan fingerprint density at radius 3 is 2.78 bits per heavy atom. The molecule has 1 aliphatic rings. The van der Waals surface area contributed by atoms with Crippen molar-refractivity contribution in [3.05, 3.63) is 80.9 Å². The second-order valence-electron chi connectivity index (χ2n) is 9.67. The van der Waals surface area contributed by atoms with Gasteiger partial charge in [0, 0.05) is 12.2 Å². The molecule has 188 valence electrons. The van der Waals surface area contributed by atoms with Crippen molar-refractivity contribution in [2.24, 2.45) is 0 Å². The Kier molecular flexibility index (Phi) is 7.11. The van der Waals surface area contributed by atoms with Crippen LogP contribution < -0.4 is 15.2 Å². The topological polar surface area (TPSA) is 99.4 Å². The summed E-state index contributed by atoms with van der Waals surface area (Å²) in [7, 11) is 1.68. The predicted molar refractivity (Wildman–Crippen MR) is 136 cm³/mol. The molecule has 9 nitrogen and oxygen atoms in total. The molecule has 2 atom stereocenters. The van der Waals surface area contributed by atoms with Crippen molar-refractivity contribution in [1.82, 2.24) is 25.2 Å². The maximum atomic E-state index is 13.1. The van der Waals surface area contributed by atoms with E-state index in [1.165, 1.54) is 5.56 Å². The van der Waals surface area contributed by atoms with Crippen LogP contribution in [0.4, 0.5) is 0 Å². The zero-order valence-electron chi connectivity index (χ0n) is 21.1. The molecule has 2 N–H and O–H groups in total. The highest BCUT2D eigenvalue weighted by atomic mass is 16.5. The van der Waals surface area contributed by atoms with Gasteiger partial charge in [-0.15, -0.1) is 5.10 Å². The molecule has 2 aromatic heterocycles. The molecule has 0 saturated carbocycles. The van der Waals surface area contributed by atoms with E-state index in [4.69, 9.17) is 9.47 Å². The Balaban J connectivity index is 1.46. The molecule has 9 heteroatoms. The molecular weight excluding hydrogens is 456 g/mol. The number of hydrogen-bond donors (Lipinski definition) is 2. The largest absolute Gasteiger partial charge is 0.496 e. The maximum Gasteiger partial charge on any atom is 0.257 e. The number of aromatic nitrogens is 5. The Hall–Kier alpha value is -3.56. The second-order valence-corrected chi connectivity index (χ2v) is 9.67. The molecule has 1 fully saturated rings. The number of nitrogens with zero attached hydrogens (tertiary/aromatic N) is 4. The molecule has 3 heterocycles. The van der Waals surface area contributed by atoms with Gasteiger partial charge < -0.3 is 19.4 Å². The molecule has 0 radical (unpaired) electrons. The van der Waals surface area contributed by atoms with E-state index in [2.05, 4.69) is 45.6 Å². The Morgan fingerprint density at radius 2 is 1.97 bits per heavy atom. The molecule has 2 aromatic carbocycles. The number of nitrogens with one attached hydrogen (secondary N) is 2. The van der Waals surface area contributed by atoms with Gasteiger partial charge in [0.1, 0.15) is 25.4 Å². The predicted octanol–water partition coefficient (Wildman–Crippen LogP) is 2.10. The Bertz CT molecular complexity index is 1410. The van der Waals surface area contributed by atoms with E-state index in [0.29, 0.717) is 26.2 Å². The van der Waals surface area contributed by atoms with E-state index in [-0.39, 0.29) is 11.7 Å². The van der Waals surface area contributed by atoms with E-state index < -0.39 is 0 Å². The zero-order valence-corrected chi connectivity index (χ0v) is 21.1. The SMILES string of the molecule is COc1ccccc1C[NH+](Cc1cc2cc(C)cc(C)c2[nH]c1=O)Cc1nnnn1C[C@@H]1CCCO1. The van der Waals surface area contributed by atoms with E-state index in [0.717, 1.165) is 63.5 Å². The van der Waals surface area contributed by atoms with Crippen molar-refractivity contribution in [2.45, 2.75) is 59.0 Å². The highest BCUT2D eigenvalue weighted by molar-refractivity contribution is 5.82. The van der Waals surface area contributed by atoms with Gasteiger partial charge in [-0.1, -0.05) is 23.8 Å². The van der Waals surface area contributed by atoms with Crippen LogP contribution in [0, 0.1) is 13.8 Å². The van der Waals surface area contributed by atoms with Crippen LogP contribution in [0.25, 0.3) is 10.9 Å². The lowest BCUT2D eigenvalue weighted by molar-refractivity contribution is -0.942. The van der Waals surface area contributed by atoms with Crippen LogP contribution in [0.1, 0.15) is 40.9 Å². The highest BCUT2D eigenvalue weighted by Crippen LogP contribution is 2.19. The second kappa shape index (κ2) is 10.6. The lowest BCUT2D eigenvalue weighted by Gasteiger charge is -2.21. The van der Waals surface area contributed by atoms with E-state index in [1.807, 2.05) is 35.9 Å². The van der Waals surface area contributed by atoms with Gasteiger partial charge in [0.15, 0.2) is 0 Å². The van der Waals surface area contributed by atoms with Crippen LogP contribution in [0.15, 0.2) is 47.3 Å². The minimum absolute atomic E-state index is 0.0640. The fourth-order valence-electron chi connectivity index (χ4n) is 5.14. The lowest BCUT2D eigenvalue weighted by Crippen LogP contribution is -3.08. The summed E-state index contributed by atoms with van der Waals surface area (Å²) in [6.45, 7) is 7.26. The molecule has 1 aliphatic heterocycles. The first-order chi connectivity index (χ1) is 17.5. The first-order valence-electron chi connectivity index (χ1n) is 12.5. The zero-order chi connectivity index (χ0) is 25.1. The number of para-hydroxylation sites is 1. The van der Waals surface area contributed by atoms with Crippen LogP contribution in [0.3, 0.4) is 0 Å². The first kappa shape index (κ1) is 24.1. The molecule has 1 unspecified atom stereocenters. The molecular formula is C27H33N6O3+. The number of ether oxygens (including phenoxy) is 2. The number of benzene rings is 2. The lowest BCUT2D eigenvalue weighted by atomic mass is 10.0. The number of aryl methyl sites for hydroxylation is 2. The van der Waals surface area contributed by atoms with Crippen LogP contribution in [0.2, 0.25) is 0 Å². The van der Waals surface area contributed by atoms with Crippen molar-refractivity contribution >= 4 is 10.9 Å². The summed E-state index contributed by atoms with van der Waals surface area (Å²) in [5.41, 5.74) is 4.87. The summed E-state index contributed by atoms with van der Waals surface area (Å²) >= 11 is 0. The third kappa shape index (κ3) is 5.32. The van der Waals surface area contributed by atoms with E-state index in [9.17, 15) is 4.79 Å². The number of methoxy groups -OCH3 is 1. The van der Waals surface area contributed by atoms with Gasteiger partial charge in [0.05, 0.1) is 30.8 Å². The number of quaternary nitrogens is 1. The minimum Gasteiger partial charge on any atom is -0.496 e. The van der Waals surface area contributed by atoms with Crippen molar-refractivity contribution in [2.75, 3.05) is 13.7 Å². The monoisotopic (exact) mass is 489 g/mol. The summed E-state index contributed by atoms with van der Waals surface area (Å²) in [5.74, 6) is 1.60. The number of hydrogen-bond acceptors (Lipinski definition) is 6. The van der Waals surface area contributed by atoms with Crippen LogP contribution in [0.5, 0.6) is 5.75 Å². The number of pyridine rings is 1. The number of fused-ring (bicyclic) bond motifs is 1. The summed E-state index contributed by atoms with van der Waals surface area (Å²) in [5, 5.41) is 13.5. The molecule has 0 amide bonds. The van der Waals surface area contributed by atoms with Gasteiger partial charge in [-0.3, -0.25) is 4.79 Å². The van der Waals surface area contributed by atoms with Gasteiger partial charge in [-0.25, -0.2) is 4.68 Å². The average Bonchev–Trinajstić information content (AvgIpc) is 3.53. The summed E-state index contributed by atoms with van der Waals surface area (Å²) in [6.07, 6.45) is 2.22.